The summed E-state index contributed by atoms with van der Waals surface area (Å²) in [5.74, 6) is -0.118. The second-order valence-corrected chi connectivity index (χ2v) is 4.99. The van der Waals surface area contributed by atoms with Crippen molar-refractivity contribution < 1.29 is 4.79 Å². The number of carbonyl (C=O) groups is 1. The average Bonchev–Trinajstić information content (AvgIpc) is 2.90. The Labute approximate surface area is 123 Å². The van der Waals surface area contributed by atoms with Crippen molar-refractivity contribution >= 4 is 23.6 Å². The van der Waals surface area contributed by atoms with Gasteiger partial charge in [-0.15, -0.1) is 0 Å². The Bertz CT molecular complexity index is 576. The van der Waals surface area contributed by atoms with Crippen LogP contribution in [0.25, 0.3) is 6.08 Å². The topological polar surface area (TPSA) is 46.9 Å². The van der Waals surface area contributed by atoms with Crippen LogP contribution in [-0.2, 0) is 11.3 Å². The molecule has 104 valence electrons. The zero-order valence-electron chi connectivity index (χ0n) is 11.2. The van der Waals surface area contributed by atoms with Crippen molar-refractivity contribution in [2.24, 2.45) is 0 Å². The van der Waals surface area contributed by atoms with E-state index in [0.717, 1.165) is 5.56 Å². The third-order valence-corrected chi connectivity index (χ3v) is 2.98. The number of nitrogens with one attached hydrogen (secondary N) is 1. The lowest BCUT2D eigenvalue weighted by Crippen LogP contribution is -2.34. The van der Waals surface area contributed by atoms with E-state index in [1.807, 2.05) is 29.8 Å². The van der Waals surface area contributed by atoms with E-state index in [1.165, 1.54) is 6.08 Å². The molecule has 0 aliphatic rings. The molecule has 4 nitrogen and oxygen atoms in total. The average molecular weight is 290 g/mol. The van der Waals surface area contributed by atoms with Gasteiger partial charge in [0.1, 0.15) is 0 Å². The smallest absolute Gasteiger partial charge is 0.244 e. The molecule has 0 bridgehead atoms. The maximum atomic E-state index is 11.8. The van der Waals surface area contributed by atoms with Gasteiger partial charge in [0.2, 0.25) is 5.91 Å². The Morgan fingerprint density at radius 1 is 1.45 bits per heavy atom. The normalized spacial score (nSPS) is 12.5. The molecule has 0 aliphatic heterocycles. The van der Waals surface area contributed by atoms with Crippen molar-refractivity contribution in [1.29, 1.82) is 0 Å². The van der Waals surface area contributed by atoms with Crippen molar-refractivity contribution in [3.05, 3.63) is 59.6 Å². The summed E-state index contributed by atoms with van der Waals surface area (Å²) in [6.07, 6.45) is 8.59. The van der Waals surface area contributed by atoms with Gasteiger partial charge in [0.15, 0.2) is 0 Å². The summed E-state index contributed by atoms with van der Waals surface area (Å²) in [5.41, 5.74) is 0.937. The predicted octanol–water partition coefficient (Wildman–Crippen LogP) is 2.75. The second kappa shape index (κ2) is 6.91. The number of hydrogen-bond donors (Lipinski definition) is 1. The molecule has 0 saturated carbocycles. The molecule has 1 amide bonds. The standard InChI is InChI=1S/C15H16ClN3O/c1-12(10-19-9-8-17-11-19)18-15(20)7-4-13-2-5-14(16)6-3-13/h2-9,11-12H,10H2,1H3,(H,18,20)/b7-4+. The summed E-state index contributed by atoms with van der Waals surface area (Å²) in [4.78, 5) is 15.7. The number of amides is 1. The van der Waals surface area contributed by atoms with E-state index in [1.54, 1.807) is 30.7 Å². The molecule has 2 aromatic rings. The quantitative estimate of drug-likeness (QED) is 0.861. The SMILES string of the molecule is CC(Cn1ccnc1)NC(=O)/C=C/c1ccc(Cl)cc1. The third-order valence-electron chi connectivity index (χ3n) is 2.73. The first-order valence-corrected chi connectivity index (χ1v) is 6.71. The van der Waals surface area contributed by atoms with Crippen LogP contribution in [0.4, 0.5) is 0 Å². The minimum atomic E-state index is -0.118. The van der Waals surface area contributed by atoms with E-state index in [-0.39, 0.29) is 11.9 Å². The van der Waals surface area contributed by atoms with E-state index < -0.39 is 0 Å². The number of hydrogen-bond acceptors (Lipinski definition) is 2. The molecule has 0 fully saturated rings. The second-order valence-electron chi connectivity index (χ2n) is 4.55. The minimum absolute atomic E-state index is 0.0339. The van der Waals surface area contributed by atoms with E-state index in [9.17, 15) is 4.79 Å². The minimum Gasteiger partial charge on any atom is -0.348 e. The molecule has 1 atom stereocenters. The lowest BCUT2D eigenvalue weighted by molar-refractivity contribution is -0.117. The summed E-state index contributed by atoms with van der Waals surface area (Å²) in [5, 5.41) is 3.58. The van der Waals surface area contributed by atoms with Gasteiger partial charge in [0, 0.05) is 36.1 Å². The van der Waals surface area contributed by atoms with Gasteiger partial charge in [-0.25, -0.2) is 4.98 Å². The molecule has 0 saturated heterocycles. The van der Waals surface area contributed by atoms with E-state index in [4.69, 9.17) is 11.6 Å². The summed E-state index contributed by atoms with van der Waals surface area (Å²) >= 11 is 5.80. The predicted molar refractivity (Wildman–Crippen MR) is 80.3 cm³/mol. The number of rotatable bonds is 5. The molecule has 0 aliphatic carbocycles. The first-order chi connectivity index (χ1) is 9.63. The van der Waals surface area contributed by atoms with Crippen LogP contribution in [0.2, 0.25) is 5.02 Å². The highest BCUT2D eigenvalue weighted by Gasteiger charge is 2.04. The maximum Gasteiger partial charge on any atom is 0.244 e. The summed E-state index contributed by atoms with van der Waals surface area (Å²) < 4.78 is 1.92. The van der Waals surface area contributed by atoms with E-state index in [0.29, 0.717) is 11.6 Å². The van der Waals surface area contributed by atoms with Gasteiger partial charge in [-0.2, -0.15) is 0 Å². The fourth-order valence-electron chi connectivity index (χ4n) is 1.79. The van der Waals surface area contributed by atoms with Crippen molar-refractivity contribution in [3.8, 4) is 0 Å². The third kappa shape index (κ3) is 4.55. The molecule has 1 aromatic carbocycles. The van der Waals surface area contributed by atoms with E-state index in [2.05, 4.69) is 10.3 Å². The fourth-order valence-corrected chi connectivity index (χ4v) is 1.92. The van der Waals surface area contributed by atoms with Crippen LogP contribution < -0.4 is 5.32 Å². The molecular weight excluding hydrogens is 274 g/mol. The van der Waals surface area contributed by atoms with Crippen LogP contribution in [-0.4, -0.2) is 21.5 Å². The van der Waals surface area contributed by atoms with Gasteiger partial charge in [0.05, 0.1) is 6.33 Å². The van der Waals surface area contributed by atoms with Crippen molar-refractivity contribution in [2.75, 3.05) is 0 Å². The molecule has 2 rings (SSSR count). The molecule has 0 spiro atoms. The van der Waals surface area contributed by atoms with Crippen LogP contribution in [0, 0.1) is 0 Å². The summed E-state index contributed by atoms with van der Waals surface area (Å²) in [6, 6.07) is 7.34. The summed E-state index contributed by atoms with van der Waals surface area (Å²) in [7, 11) is 0. The highest BCUT2D eigenvalue weighted by atomic mass is 35.5. The van der Waals surface area contributed by atoms with Crippen molar-refractivity contribution in [1.82, 2.24) is 14.9 Å². The van der Waals surface area contributed by atoms with Gasteiger partial charge in [0.25, 0.3) is 0 Å². The van der Waals surface area contributed by atoms with Crippen molar-refractivity contribution in [3.63, 3.8) is 0 Å². The van der Waals surface area contributed by atoms with Crippen LogP contribution in [0.3, 0.4) is 0 Å². The zero-order valence-corrected chi connectivity index (χ0v) is 11.9. The highest BCUT2D eigenvalue weighted by Crippen LogP contribution is 2.10. The number of carbonyl (C=O) groups excluding carboxylic acids is 1. The first kappa shape index (κ1) is 14.3. The molecule has 1 heterocycles. The van der Waals surface area contributed by atoms with Crippen LogP contribution in [0.5, 0.6) is 0 Å². The van der Waals surface area contributed by atoms with Gasteiger partial charge >= 0.3 is 0 Å². The number of aromatic nitrogens is 2. The van der Waals surface area contributed by atoms with E-state index >= 15 is 0 Å². The number of benzene rings is 1. The monoisotopic (exact) mass is 289 g/mol. The Morgan fingerprint density at radius 2 is 2.20 bits per heavy atom. The lowest BCUT2D eigenvalue weighted by Gasteiger charge is -2.12. The van der Waals surface area contributed by atoms with Crippen molar-refractivity contribution in [2.45, 2.75) is 19.5 Å². The highest BCUT2D eigenvalue weighted by molar-refractivity contribution is 6.30. The van der Waals surface area contributed by atoms with Crippen LogP contribution >= 0.6 is 11.6 Å². The number of imidazole rings is 1. The Balaban J connectivity index is 1.84. The maximum absolute atomic E-state index is 11.8. The zero-order chi connectivity index (χ0) is 14.4. The van der Waals surface area contributed by atoms with Crippen LogP contribution in [0.1, 0.15) is 12.5 Å². The molecule has 0 radical (unpaired) electrons. The first-order valence-electron chi connectivity index (χ1n) is 6.33. The van der Waals surface area contributed by atoms with Crippen LogP contribution in [0.15, 0.2) is 49.1 Å². The Morgan fingerprint density at radius 3 is 2.85 bits per heavy atom. The molecule has 1 aromatic heterocycles. The van der Waals surface area contributed by atoms with Gasteiger partial charge < -0.3 is 9.88 Å². The largest absolute Gasteiger partial charge is 0.348 e. The van der Waals surface area contributed by atoms with Gasteiger partial charge in [-0.3, -0.25) is 4.79 Å². The molecule has 1 N–H and O–H groups in total. The number of halogens is 1. The molecule has 20 heavy (non-hydrogen) atoms. The molecule has 1 unspecified atom stereocenters. The molecular formula is C15H16ClN3O. The molecule has 5 heteroatoms. The van der Waals surface area contributed by atoms with Gasteiger partial charge in [-0.05, 0) is 30.7 Å². The fraction of sp³-hybridized carbons (Fsp3) is 0.200. The lowest BCUT2D eigenvalue weighted by atomic mass is 10.2. The number of nitrogens with zero attached hydrogens (tertiary/aromatic N) is 2. The summed E-state index contributed by atoms with van der Waals surface area (Å²) in [6.45, 7) is 2.65. The Hall–Kier alpha value is -2.07. The Kier molecular flexibility index (Phi) is 4.96. The van der Waals surface area contributed by atoms with Gasteiger partial charge in [-0.1, -0.05) is 23.7 Å².